The number of halogens is 3. The number of carbonyl (C=O) groups excluding carboxylic acids is 1. The number of carbonyl (C=O) groups is 1. The molecule has 0 atom stereocenters. The van der Waals surface area contributed by atoms with Crippen LogP contribution in [-0.4, -0.2) is 27.0 Å². The highest BCUT2D eigenvalue weighted by molar-refractivity contribution is 7.23. The van der Waals surface area contributed by atoms with Crippen molar-refractivity contribution in [1.29, 1.82) is 0 Å². The van der Waals surface area contributed by atoms with Crippen LogP contribution in [0.3, 0.4) is 0 Å². The Morgan fingerprint density at radius 1 is 1.23 bits per heavy atom. The molecule has 0 aliphatic carbocycles. The monoisotopic (exact) mass is 446 g/mol. The van der Waals surface area contributed by atoms with Gasteiger partial charge in [-0.25, -0.2) is 18.7 Å². The van der Waals surface area contributed by atoms with Crippen LogP contribution >= 0.6 is 22.9 Å². The van der Waals surface area contributed by atoms with E-state index in [0.717, 1.165) is 27.9 Å². The number of rotatable bonds is 6. The summed E-state index contributed by atoms with van der Waals surface area (Å²) in [5.41, 5.74) is 1.72. The summed E-state index contributed by atoms with van der Waals surface area (Å²) < 4.78 is 29.8. The van der Waals surface area contributed by atoms with Crippen molar-refractivity contribution in [3.8, 4) is 0 Å². The number of hydrogen-bond donors (Lipinski definition) is 0. The van der Waals surface area contributed by atoms with Gasteiger partial charge in [0.25, 0.3) is 5.91 Å². The van der Waals surface area contributed by atoms with Gasteiger partial charge in [-0.1, -0.05) is 29.0 Å². The first-order chi connectivity index (χ1) is 14.4. The van der Waals surface area contributed by atoms with E-state index in [1.54, 1.807) is 18.6 Å². The lowest BCUT2D eigenvalue weighted by molar-refractivity contribution is 0.0985. The van der Waals surface area contributed by atoms with Gasteiger partial charge in [0.2, 0.25) is 0 Å². The van der Waals surface area contributed by atoms with E-state index in [4.69, 9.17) is 11.6 Å². The summed E-state index contributed by atoms with van der Waals surface area (Å²) in [6, 6.07) is 6.79. The maximum Gasteiger partial charge on any atom is 0.260 e. The topological polar surface area (TPSA) is 51.0 Å². The molecule has 0 aliphatic rings. The van der Waals surface area contributed by atoms with Gasteiger partial charge in [0.15, 0.2) is 16.8 Å². The molecule has 0 radical (unpaired) electrons. The van der Waals surface area contributed by atoms with Crippen LogP contribution in [0.4, 0.5) is 13.9 Å². The molecule has 4 aromatic rings. The van der Waals surface area contributed by atoms with E-state index >= 15 is 0 Å². The van der Waals surface area contributed by atoms with Crippen molar-refractivity contribution in [1.82, 2.24) is 14.5 Å². The molecule has 0 fully saturated rings. The largest absolute Gasteiger partial charge is 0.337 e. The fourth-order valence-electron chi connectivity index (χ4n) is 3.11. The number of aromatic nitrogens is 3. The molecule has 154 valence electrons. The van der Waals surface area contributed by atoms with Gasteiger partial charge in [-0.2, -0.15) is 0 Å². The first-order valence-electron chi connectivity index (χ1n) is 9.22. The predicted molar refractivity (Wildman–Crippen MR) is 114 cm³/mol. The van der Waals surface area contributed by atoms with Crippen LogP contribution in [0.1, 0.15) is 22.3 Å². The fraction of sp³-hybridized carbons (Fsp3) is 0.190. The molecule has 0 N–H and O–H groups in total. The van der Waals surface area contributed by atoms with Crippen LogP contribution < -0.4 is 4.90 Å². The Kier molecular flexibility index (Phi) is 5.78. The molecule has 2 heterocycles. The van der Waals surface area contributed by atoms with E-state index in [0.29, 0.717) is 29.7 Å². The molecule has 30 heavy (non-hydrogen) atoms. The number of amides is 1. The van der Waals surface area contributed by atoms with E-state index in [1.165, 1.54) is 22.3 Å². The van der Waals surface area contributed by atoms with Crippen molar-refractivity contribution < 1.29 is 13.6 Å². The summed E-state index contributed by atoms with van der Waals surface area (Å²) in [5, 5.41) is 1.01. The van der Waals surface area contributed by atoms with Gasteiger partial charge in [0, 0.05) is 31.0 Å². The van der Waals surface area contributed by atoms with Gasteiger partial charge in [-0.05, 0) is 43.2 Å². The minimum Gasteiger partial charge on any atom is -0.337 e. The van der Waals surface area contributed by atoms with Crippen LogP contribution in [0, 0.1) is 18.6 Å². The van der Waals surface area contributed by atoms with Crippen molar-refractivity contribution in [2.45, 2.75) is 19.9 Å². The lowest BCUT2D eigenvalue weighted by Gasteiger charge is -2.20. The van der Waals surface area contributed by atoms with Gasteiger partial charge in [0.1, 0.15) is 0 Å². The van der Waals surface area contributed by atoms with Crippen molar-refractivity contribution in [3.05, 3.63) is 76.8 Å². The normalized spacial score (nSPS) is 11.2. The zero-order chi connectivity index (χ0) is 21.3. The minimum atomic E-state index is -1.07. The molecule has 0 saturated carbocycles. The van der Waals surface area contributed by atoms with E-state index in [2.05, 4.69) is 9.97 Å². The molecule has 0 unspecified atom stereocenters. The Morgan fingerprint density at radius 2 is 2.07 bits per heavy atom. The van der Waals surface area contributed by atoms with Crippen LogP contribution in [0.25, 0.3) is 10.2 Å². The number of anilines is 1. The molecule has 0 spiro atoms. The Hall–Kier alpha value is -2.84. The third-order valence-corrected chi connectivity index (χ3v) is 6.22. The highest BCUT2D eigenvalue weighted by atomic mass is 35.5. The molecular weight excluding hydrogens is 430 g/mol. The number of fused-ring (bicyclic) bond motifs is 1. The summed E-state index contributed by atoms with van der Waals surface area (Å²) in [7, 11) is 0. The zero-order valence-corrected chi connectivity index (χ0v) is 17.6. The Morgan fingerprint density at radius 3 is 2.77 bits per heavy atom. The molecule has 1 amide bonds. The lowest BCUT2D eigenvalue weighted by Crippen LogP contribution is -2.32. The van der Waals surface area contributed by atoms with E-state index in [1.807, 2.05) is 23.8 Å². The highest BCUT2D eigenvalue weighted by Gasteiger charge is 2.23. The molecule has 9 heteroatoms. The molecule has 2 aromatic heterocycles. The van der Waals surface area contributed by atoms with Crippen molar-refractivity contribution in [3.63, 3.8) is 0 Å². The summed E-state index contributed by atoms with van der Waals surface area (Å²) in [6.45, 7) is 2.90. The number of benzene rings is 2. The van der Waals surface area contributed by atoms with Crippen LogP contribution in [0.2, 0.25) is 5.02 Å². The van der Waals surface area contributed by atoms with Crippen LogP contribution in [0.5, 0.6) is 0 Å². The smallest absolute Gasteiger partial charge is 0.260 e. The van der Waals surface area contributed by atoms with E-state index in [-0.39, 0.29) is 5.56 Å². The minimum absolute atomic E-state index is 0.0543. The Bertz CT molecular complexity index is 1170. The number of nitrogens with zero attached hydrogens (tertiary/aromatic N) is 4. The van der Waals surface area contributed by atoms with Gasteiger partial charge in [-0.3, -0.25) is 9.69 Å². The molecule has 0 bridgehead atoms. The first kappa shape index (κ1) is 20.4. The van der Waals surface area contributed by atoms with Gasteiger partial charge in [-0.15, -0.1) is 0 Å². The number of thiazole rings is 1. The standard InChI is InChI=1S/C21H17ClF2N4OS/c1-13-3-5-15(22)19-18(13)26-21(30-19)28(9-2-8-27-10-7-25-12-27)20(29)14-4-6-16(23)17(24)11-14/h3-7,10-12H,2,8-9H2,1H3. The van der Waals surface area contributed by atoms with E-state index < -0.39 is 17.5 Å². The lowest BCUT2D eigenvalue weighted by atomic mass is 10.2. The number of hydrogen-bond acceptors (Lipinski definition) is 4. The van der Waals surface area contributed by atoms with Crippen molar-refractivity contribution in [2.75, 3.05) is 11.4 Å². The number of aryl methyl sites for hydroxylation is 2. The third kappa shape index (κ3) is 4.06. The summed E-state index contributed by atoms with van der Waals surface area (Å²) in [4.78, 5) is 23.3. The quantitative estimate of drug-likeness (QED) is 0.394. The number of imidazole rings is 1. The van der Waals surface area contributed by atoms with Crippen molar-refractivity contribution in [2.24, 2.45) is 0 Å². The van der Waals surface area contributed by atoms with Crippen LogP contribution in [-0.2, 0) is 6.54 Å². The average Bonchev–Trinajstić information content (AvgIpc) is 3.40. The van der Waals surface area contributed by atoms with Crippen LogP contribution in [0.15, 0.2) is 49.1 Å². The van der Waals surface area contributed by atoms with Gasteiger partial charge < -0.3 is 4.57 Å². The molecule has 0 aliphatic heterocycles. The zero-order valence-electron chi connectivity index (χ0n) is 16.0. The maximum absolute atomic E-state index is 13.7. The SMILES string of the molecule is Cc1ccc(Cl)c2sc(N(CCCn3ccnc3)C(=O)c3ccc(F)c(F)c3)nc12. The fourth-order valence-corrected chi connectivity index (χ4v) is 4.45. The van der Waals surface area contributed by atoms with E-state index in [9.17, 15) is 13.6 Å². The summed E-state index contributed by atoms with van der Waals surface area (Å²) in [6.07, 6.45) is 5.83. The summed E-state index contributed by atoms with van der Waals surface area (Å²) >= 11 is 7.62. The average molecular weight is 447 g/mol. The molecule has 4 rings (SSSR count). The third-order valence-electron chi connectivity index (χ3n) is 4.69. The second kappa shape index (κ2) is 8.49. The highest BCUT2D eigenvalue weighted by Crippen LogP contribution is 2.36. The molecule has 2 aromatic carbocycles. The molecule has 0 saturated heterocycles. The second-order valence-corrected chi connectivity index (χ2v) is 8.16. The molecule has 5 nitrogen and oxygen atoms in total. The van der Waals surface area contributed by atoms with Gasteiger partial charge >= 0.3 is 0 Å². The summed E-state index contributed by atoms with van der Waals surface area (Å²) in [5.74, 6) is -2.52. The predicted octanol–water partition coefficient (Wildman–Crippen LogP) is 5.47. The maximum atomic E-state index is 13.7. The Balaban J connectivity index is 1.69. The molecular formula is C21H17ClF2N4OS. The second-order valence-electron chi connectivity index (χ2n) is 6.78. The van der Waals surface area contributed by atoms with Crippen molar-refractivity contribution >= 4 is 44.2 Å². The van der Waals surface area contributed by atoms with Gasteiger partial charge in [0.05, 0.1) is 21.6 Å². The first-order valence-corrected chi connectivity index (χ1v) is 10.4. The Labute approximate surface area is 180 Å².